The van der Waals surface area contributed by atoms with E-state index in [2.05, 4.69) is 5.32 Å². The molecule has 6 heteroatoms. The number of rotatable bonds is 11. The fourth-order valence-corrected chi connectivity index (χ4v) is 2.62. The van der Waals surface area contributed by atoms with Crippen LogP contribution in [0.4, 0.5) is 5.69 Å². The van der Waals surface area contributed by atoms with Crippen molar-refractivity contribution in [2.24, 2.45) is 0 Å². The molecule has 0 fully saturated rings. The summed E-state index contributed by atoms with van der Waals surface area (Å²) in [6.07, 6.45) is 0. The number of nitrogens with one attached hydrogen (secondary N) is 1. The van der Waals surface area contributed by atoms with Crippen LogP contribution >= 0.6 is 0 Å². The summed E-state index contributed by atoms with van der Waals surface area (Å²) < 4.78 is 21.7. The Morgan fingerprint density at radius 1 is 0.667 bits per heavy atom. The Bertz CT molecular complexity index is 895. The van der Waals surface area contributed by atoms with E-state index in [1.807, 2.05) is 30.3 Å². The van der Waals surface area contributed by atoms with Gasteiger partial charge in [0.15, 0.2) is 0 Å². The number of para-hydroxylation sites is 1. The second-order valence-corrected chi connectivity index (χ2v) is 6.35. The number of ether oxygens (including phenoxy) is 4. The number of benzene rings is 3. The van der Waals surface area contributed by atoms with Crippen molar-refractivity contribution in [2.45, 2.75) is 0 Å². The van der Waals surface area contributed by atoms with Crippen LogP contribution in [0.5, 0.6) is 17.2 Å². The molecule has 3 aromatic rings. The van der Waals surface area contributed by atoms with Gasteiger partial charge in [0, 0.05) is 18.4 Å². The lowest BCUT2D eigenvalue weighted by molar-refractivity contribution is 0.102. The van der Waals surface area contributed by atoms with E-state index >= 15 is 0 Å². The van der Waals surface area contributed by atoms with Gasteiger partial charge in [-0.2, -0.15) is 0 Å². The Morgan fingerprint density at radius 2 is 1.17 bits per heavy atom. The molecule has 3 aromatic carbocycles. The Kier molecular flexibility index (Phi) is 8.12. The molecule has 0 heterocycles. The molecule has 0 radical (unpaired) electrons. The third kappa shape index (κ3) is 6.83. The monoisotopic (exact) mass is 407 g/mol. The predicted octanol–water partition coefficient (Wildman–Crippen LogP) is 4.42. The minimum absolute atomic E-state index is 0.193. The average molecular weight is 407 g/mol. The molecule has 0 aliphatic rings. The van der Waals surface area contributed by atoms with Gasteiger partial charge in [0.1, 0.15) is 37.1 Å². The van der Waals surface area contributed by atoms with Gasteiger partial charge < -0.3 is 24.3 Å². The minimum atomic E-state index is -0.193. The summed E-state index contributed by atoms with van der Waals surface area (Å²) in [7, 11) is 1.63. The molecule has 0 bridgehead atoms. The maximum absolute atomic E-state index is 12.4. The molecule has 0 saturated heterocycles. The van der Waals surface area contributed by atoms with Gasteiger partial charge in [-0.3, -0.25) is 4.79 Å². The van der Waals surface area contributed by atoms with Gasteiger partial charge in [-0.15, -0.1) is 0 Å². The fraction of sp³-hybridized carbons (Fsp3) is 0.208. The number of carbonyl (C=O) groups excluding carboxylic acids is 1. The van der Waals surface area contributed by atoms with Gasteiger partial charge in [-0.05, 0) is 60.7 Å². The average Bonchev–Trinajstić information content (AvgIpc) is 2.79. The van der Waals surface area contributed by atoms with E-state index in [1.54, 1.807) is 55.6 Å². The van der Waals surface area contributed by atoms with E-state index in [4.69, 9.17) is 18.9 Å². The topological polar surface area (TPSA) is 66.0 Å². The molecule has 156 valence electrons. The van der Waals surface area contributed by atoms with Gasteiger partial charge in [-0.25, -0.2) is 0 Å². The normalized spacial score (nSPS) is 10.3. The van der Waals surface area contributed by atoms with Crippen LogP contribution in [0.2, 0.25) is 0 Å². The van der Waals surface area contributed by atoms with Crippen LogP contribution in [0.1, 0.15) is 10.4 Å². The van der Waals surface area contributed by atoms with Gasteiger partial charge in [0.25, 0.3) is 5.91 Å². The smallest absolute Gasteiger partial charge is 0.255 e. The summed E-state index contributed by atoms with van der Waals surface area (Å²) in [6.45, 7) is 1.87. The van der Waals surface area contributed by atoms with Crippen LogP contribution < -0.4 is 19.5 Å². The second kappa shape index (κ2) is 11.5. The maximum Gasteiger partial charge on any atom is 0.255 e. The number of amides is 1. The SMILES string of the molecule is COCCOc1ccc(NC(=O)c2ccc(OCCOc3ccccc3)cc2)cc1. The summed E-state index contributed by atoms with van der Waals surface area (Å²) in [4.78, 5) is 12.4. The van der Waals surface area contributed by atoms with Crippen LogP contribution in [0.25, 0.3) is 0 Å². The molecule has 6 nitrogen and oxygen atoms in total. The first-order valence-corrected chi connectivity index (χ1v) is 9.68. The number of anilines is 1. The first-order valence-electron chi connectivity index (χ1n) is 9.68. The maximum atomic E-state index is 12.4. The Morgan fingerprint density at radius 3 is 1.73 bits per heavy atom. The van der Waals surface area contributed by atoms with E-state index in [0.717, 1.165) is 11.5 Å². The molecule has 0 unspecified atom stereocenters. The number of hydrogen-bond acceptors (Lipinski definition) is 5. The highest BCUT2D eigenvalue weighted by Gasteiger charge is 2.07. The van der Waals surface area contributed by atoms with Crippen molar-refractivity contribution >= 4 is 11.6 Å². The van der Waals surface area contributed by atoms with Crippen molar-refractivity contribution in [2.75, 3.05) is 38.9 Å². The van der Waals surface area contributed by atoms with Crippen molar-refractivity contribution < 1.29 is 23.7 Å². The molecule has 0 atom stereocenters. The third-order valence-electron chi connectivity index (χ3n) is 4.15. The van der Waals surface area contributed by atoms with Gasteiger partial charge in [0.2, 0.25) is 0 Å². The highest BCUT2D eigenvalue weighted by molar-refractivity contribution is 6.04. The lowest BCUT2D eigenvalue weighted by Crippen LogP contribution is -2.12. The largest absolute Gasteiger partial charge is 0.491 e. The quantitative estimate of drug-likeness (QED) is 0.477. The first kappa shape index (κ1) is 21.2. The standard InChI is InChI=1S/C24H25NO5/c1-27-15-16-28-23-13-9-20(10-14-23)25-24(26)19-7-11-22(12-8-19)30-18-17-29-21-5-3-2-4-6-21/h2-14H,15-18H2,1H3,(H,25,26). The van der Waals surface area contributed by atoms with Crippen LogP contribution in [-0.2, 0) is 4.74 Å². The lowest BCUT2D eigenvalue weighted by atomic mass is 10.2. The Labute approximate surface area is 176 Å². The zero-order chi connectivity index (χ0) is 21.0. The molecule has 1 N–H and O–H groups in total. The summed E-state index contributed by atoms with van der Waals surface area (Å²) >= 11 is 0. The van der Waals surface area contributed by atoms with Crippen molar-refractivity contribution in [3.63, 3.8) is 0 Å². The molecule has 0 aromatic heterocycles. The molecular formula is C24H25NO5. The van der Waals surface area contributed by atoms with Crippen LogP contribution in [0.3, 0.4) is 0 Å². The Balaban J connectivity index is 1.43. The van der Waals surface area contributed by atoms with Crippen molar-refractivity contribution in [1.29, 1.82) is 0 Å². The van der Waals surface area contributed by atoms with Crippen LogP contribution in [0, 0.1) is 0 Å². The molecule has 0 saturated carbocycles. The fourth-order valence-electron chi connectivity index (χ4n) is 2.62. The number of hydrogen-bond donors (Lipinski definition) is 1. The molecule has 0 aliphatic carbocycles. The lowest BCUT2D eigenvalue weighted by Gasteiger charge is -2.10. The van der Waals surface area contributed by atoms with Crippen LogP contribution in [-0.4, -0.2) is 39.4 Å². The highest BCUT2D eigenvalue weighted by atomic mass is 16.5. The second-order valence-electron chi connectivity index (χ2n) is 6.35. The third-order valence-corrected chi connectivity index (χ3v) is 4.15. The van der Waals surface area contributed by atoms with E-state index in [9.17, 15) is 4.79 Å². The van der Waals surface area contributed by atoms with Gasteiger partial charge in [0.05, 0.1) is 6.61 Å². The van der Waals surface area contributed by atoms with Crippen LogP contribution in [0.15, 0.2) is 78.9 Å². The summed E-state index contributed by atoms with van der Waals surface area (Å²) in [5.74, 6) is 2.02. The molecular weight excluding hydrogens is 382 g/mol. The molecule has 0 spiro atoms. The molecule has 30 heavy (non-hydrogen) atoms. The zero-order valence-electron chi connectivity index (χ0n) is 16.9. The molecule has 3 rings (SSSR count). The summed E-state index contributed by atoms with van der Waals surface area (Å²) in [5.41, 5.74) is 1.24. The van der Waals surface area contributed by atoms with E-state index in [-0.39, 0.29) is 5.91 Å². The van der Waals surface area contributed by atoms with E-state index in [0.29, 0.717) is 43.4 Å². The van der Waals surface area contributed by atoms with Crippen molar-refractivity contribution in [1.82, 2.24) is 0 Å². The Hall–Kier alpha value is -3.51. The summed E-state index contributed by atoms with van der Waals surface area (Å²) in [6, 6.07) is 23.8. The minimum Gasteiger partial charge on any atom is -0.491 e. The van der Waals surface area contributed by atoms with E-state index < -0.39 is 0 Å². The molecule has 0 aliphatic heterocycles. The summed E-state index contributed by atoms with van der Waals surface area (Å²) in [5, 5.41) is 2.86. The predicted molar refractivity (Wildman–Crippen MR) is 116 cm³/mol. The number of carbonyl (C=O) groups is 1. The molecule has 1 amide bonds. The van der Waals surface area contributed by atoms with Gasteiger partial charge in [-0.1, -0.05) is 18.2 Å². The zero-order valence-corrected chi connectivity index (χ0v) is 16.9. The highest BCUT2D eigenvalue weighted by Crippen LogP contribution is 2.18. The van der Waals surface area contributed by atoms with Gasteiger partial charge >= 0.3 is 0 Å². The van der Waals surface area contributed by atoms with E-state index in [1.165, 1.54) is 0 Å². The number of methoxy groups -OCH3 is 1. The first-order chi connectivity index (χ1) is 14.7. The van der Waals surface area contributed by atoms with Crippen molar-refractivity contribution in [3.8, 4) is 17.2 Å². The van der Waals surface area contributed by atoms with Crippen molar-refractivity contribution in [3.05, 3.63) is 84.4 Å².